The van der Waals surface area contributed by atoms with Crippen LogP contribution in [-0.4, -0.2) is 13.2 Å². The van der Waals surface area contributed by atoms with Crippen molar-refractivity contribution in [3.8, 4) is 17.6 Å². The van der Waals surface area contributed by atoms with Gasteiger partial charge in [0.05, 0.1) is 19.1 Å². The quantitative estimate of drug-likeness (QED) is 0.670. The lowest BCUT2D eigenvalue weighted by molar-refractivity contribution is 0.272. The van der Waals surface area contributed by atoms with Crippen molar-refractivity contribution in [2.75, 3.05) is 13.2 Å². The van der Waals surface area contributed by atoms with Gasteiger partial charge < -0.3 is 9.47 Å². The van der Waals surface area contributed by atoms with Crippen LogP contribution in [0.15, 0.2) is 24.3 Å². The number of nitriles is 1. The van der Waals surface area contributed by atoms with Crippen molar-refractivity contribution in [3.63, 3.8) is 0 Å². The number of benzene rings is 1. The van der Waals surface area contributed by atoms with E-state index in [0.29, 0.717) is 25.4 Å². The third-order valence-corrected chi connectivity index (χ3v) is 1.78. The lowest BCUT2D eigenvalue weighted by Gasteiger charge is -2.10. The molecule has 3 heteroatoms. The molecule has 0 saturated carbocycles. The van der Waals surface area contributed by atoms with E-state index in [2.05, 4.69) is 6.92 Å². The number of rotatable bonds is 6. The molecule has 0 aliphatic heterocycles. The summed E-state index contributed by atoms with van der Waals surface area (Å²) in [5.74, 6) is 1.46. The van der Waals surface area contributed by atoms with E-state index < -0.39 is 0 Å². The van der Waals surface area contributed by atoms with Crippen LogP contribution in [0.25, 0.3) is 0 Å². The second-order valence-corrected chi connectivity index (χ2v) is 3.05. The first-order chi connectivity index (χ1) is 7.38. The van der Waals surface area contributed by atoms with Crippen LogP contribution in [0.1, 0.15) is 19.8 Å². The molecule has 0 bridgehead atoms. The lowest BCUT2D eigenvalue weighted by Crippen LogP contribution is -2.01. The fraction of sp³-hybridized carbons (Fsp3) is 0.417. The van der Waals surface area contributed by atoms with Crippen LogP contribution in [0.3, 0.4) is 0 Å². The molecule has 0 heterocycles. The first-order valence-corrected chi connectivity index (χ1v) is 5.10. The first kappa shape index (κ1) is 11.4. The summed E-state index contributed by atoms with van der Waals surface area (Å²) >= 11 is 0. The van der Waals surface area contributed by atoms with Gasteiger partial charge >= 0.3 is 0 Å². The van der Waals surface area contributed by atoms with Crippen molar-refractivity contribution in [2.45, 2.75) is 19.8 Å². The van der Waals surface area contributed by atoms with E-state index in [1.165, 1.54) is 0 Å². The van der Waals surface area contributed by atoms with Gasteiger partial charge in [-0.05, 0) is 18.6 Å². The Morgan fingerprint density at radius 3 is 2.27 bits per heavy atom. The summed E-state index contributed by atoms with van der Waals surface area (Å²) in [6.07, 6.45) is 1.36. The summed E-state index contributed by atoms with van der Waals surface area (Å²) in [6.45, 7) is 3.14. The molecule has 0 radical (unpaired) electrons. The van der Waals surface area contributed by atoms with Crippen molar-refractivity contribution < 1.29 is 9.47 Å². The maximum absolute atomic E-state index is 8.39. The smallest absolute Gasteiger partial charge is 0.161 e. The van der Waals surface area contributed by atoms with Crippen LogP contribution in [-0.2, 0) is 0 Å². The van der Waals surface area contributed by atoms with E-state index in [0.717, 1.165) is 12.2 Å². The molecule has 0 atom stereocenters. The molecular formula is C12H15NO2. The summed E-state index contributed by atoms with van der Waals surface area (Å²) in [4.78, 5) is 0. The van der Waals surface area contributed by atoms with E-state index in [1.807, 2.05) is 30.3 Å². The largest absolute Gasteiger partial charge is 0.490 e. The number of hydrogen-bond donors (Lipinski definition) is 0. The van der Waals surface area contributed by atoms with Crippen LogP contribution < -0.4 is 9.47 Å². The van der Waals surface area contributed by atoms with E-state index >= 15 is 0 Å². The number of para-hydroxylation sites is 2. The standard InChI is InChI=1S/C12H15NO2/c1-2-9-14-11-6-3-4-7-12(11)15-10-5-8-13/h3-4,6-7H,2,5,9-10H2,1H3. The van der Waals surface area contributed by atoms with E-state index in [9.17, 15) is 0 Å². The second-order valence-electron chi connectivity index (χ2n) is 3.05. The van der Waals surface area contributed by atoms with Gasteiger partial charge in [0.1, 0.15) is 6.61 Å². The Kier molecular flexibility index (Phi) is 5.10. The minimum absolute atomic E-state index is 0.391. The van der Waals surface area contributed by atoms with Crippen molar-refractivity contribution in [1.82, 2.24) is 0 Å². The molecule has 0 saturated heterocycles. The van der Waals surface area contributed by atoms with Gasteiger partial charge in [-0.2, -0.15) is 5.26 Å². The van der Waals surface area contributed by atoms with Crippen molar-refractivity contribution in [3.05, 3.63) is 24.3 Å². The summed E-state index contributed by atoms with van der Waals surface area (Å²) in [6, 6.07) is 9.55. The van der Waals surface area contributed by atoms with Crippen LogP contribution >= 0.6 is 0 Å². The Morgan fingerprint density at radius 1 is 1.13 bits per heavy atom. The van der Waals surface area contributed by atoms with Crippen molar-refractivity contribution in [1.29, 1.82) is 5.26 Å². The third kappa shape index (κ3) is 3.90. The molecule has 0 N–H and O–H groups in total. The predicted molar refractivity (Wildman–Crippen MR) is 58.0 cm³/mol. The lowest BCUT2D eigenvalue weighted by atomic mass is 10.3. The van der Waals surface area contributed by atoms with Gasteiger partial charge in [-0.25, -0.2) is 0 Å². The first-order valence-electron chi connectivity index (χ1n) is 5.10. The average molecular weight is 205 g/mol. The topological polar surface area (TPSA) is 42.2 Å². The van der Waals surface area contributed by atoms with E-state index in [4.69, 9.17) is 14.7 Å². The zero-order valence-electron chi connectivity index (χ0n) is 8.90. The molecule has 0 aliphatic carbocycles. The maximum atomic E-state index is 8.39. The molecule has 0 aliphatic rings. The molecule has 80 valence electrons. The van der Waals surface area contributed by atoms with Gasteiger partial charge in [0.15, 0.2) is 11.5 Å². The average Bonchev–Trinajstić information content (AvgIpc) is 2.28. The zero-order valence-corrected chi connectivity index (χ0v) is 8.90. The molecule has 1 rings (SSSR count). The molecule has 1 aromatic rings. The van der Waals surface area contributed by atoms with Gasteiger partial charge in [0.2, 0.25) is 0 Å². The van der Waals surface area contributed by atoms with Crippen LogP contribution in [0.2, 0.25) is 0 Å². The highest BCUT2D eigenvalue weighted by Gasteiger charge is 2.02. The normalized spacial score (nSPS) is 9.33. The summed E-state index contributed by atoms with van der Waals surface area (Å²) in [5.41, 5.74) is 0. The number of hydrogen-bond acceptors (Lipinski definition) is 3. The number of nitrogens with zero attached hydrogens (tertiary/aromatic N) is 1. The fourth-order valence-corrected chi connectivity index (χ4v) is 1.11. The Bertz CT molecular complexity index is 331. The highest BCUT2D eigenvalue weighted by molar-refractivity contribution is 5.39. The molecule has 0 aromatic heterocycles. The molecule has 1 aromatic carbocycles. The SMILES string of the molecule is CCCOc1ccccc1OCCC#N. The second kappa shape index (κ2) is 6.72. The Balaban J connectivity index is 2.56. The zero-order chi connectivity index (χ0) is 10.9. The molecular weight excluding hydrogens is 190 g/mol. The van der Waals surface area contributed by atoms with Gasteiger partial charge in [0, 0.05) is 0 Å². The van der Waals surface area contributed by atoms with E-state index in [1.54, 1.807) is 0 Å². The van der Waals surface area contributed by atoms with Crippen molar-refractivity contribution >= 4 is 0 Å². The third-order valence-electron chi connectivity index (χ3n) is 1.78. The van der Waals surface area contributed by atoms with Gasteiger partial charge in [-0.3, -0.25) is 0 Å². The minimum Gasteiger partial charge on any atom is -0.490 e. The molecule has 15 heavy (non-hydrogen) atoms. The number of ether oxygens (including phenoxy) is 2. The minimum atomic E-state index is 0.391. The molecule has 0 fully saturated rings. The fourth-order valence-electron chi connectivity index (χ4n) is 1.11. The van der Waals surface area contributed by atoms with E-state index in [-0.39, 0.29) is 0 Å². The molecule has 0 amide bonds. The summed E-state index contributed by atoms with van der Waals surface area (Å²) in [7, 11) is 0. The molecule has 3 nitrogen and oxygen atoms in total. The van der Waals surface area contributed by atoms with Gasteiger partial charge in [-0.1, -0.05) is 19.1 Å². The van der Waals surface area contributed by atoms with Crippen LogP contribution in [0, 0.1) is 11.3 Å². The van der Waals surface area contributed by atoms with Crippen LogP contribution in [0.4, 0.5) is 0 Å². The highest BCUT2D eigenvalue weighted by Crippen LogP contribution is 2.26. The molecule has 0 spiro atoms. The Hall–Kier alpha value is -1.69. The summed E-state index contributed by atoms with van der Waals surface area (Å²) < 4.78 is 10.9. The predicted octanol–water partition coefficient (Wildman–Crippen LogP) is 2.77. The Morgan fingerprint density at radius 2 is 1.73 bits per heavy atom. The van der Waals surface area contributed by atoms with Gasteiger partial charge in [0.25, 0.3) is 0 Å². The summed E-state index contributed by atoms with van der Waals surface area (Å²) in [5, 5.41) is 8.39. The monoisotopic (exact) mass is 205 g/mol. The van der Waals surface area contributed by atoms with Crippen molar-refractivity contribution in [2.24, 2.45) is 0 Å². The van der Waals surface area contributed by atoms with Gasteiger partial charge in [-0.15, -0.1) is 0 Å². The Labute approximate surface area is 90.2 Å². The maximum Gasteiger partial charge on any atom is 0.161 e. The molecule has 0 unspecified atom stereocenters. The van der Waals surface area contributed by atoms with Crippen LogP contribution in [0.5, 0.6) is 11.5 Å². The highest BCUT2D eigenvalue weighted by atomic mass is 16.5.